The van der Waals surface area contributed by atoms with Crippen molar-refractivity contribution in [3.05, 3.63) is 59.2 Å². The largest absolute Gasteiger partial charge is 0.487 e. The lowest BCUT2D eigenvalue weighted by molar-refractivity contribution is 0.0619. The molecule has 1 aliphatic heterocycles. The number of carbonyl (C=O) groups is 1. The number of nitrogens with zero attached hydrogens (tertiary/aromatic N) is 1. The molecule has 0 bridgehead atoms. The summed E-state index contributed by atoms with van der Waals surface area (Å²) in [6.07, 6.45) is 1.83. The molecule has 0 spiro atoms. The highest BCUT2D eigenvalue weighted by Crippen LogP contribution is 2.40. The van der Waals surface area contributed by atoms with Gasteiger partial charge < -0.3 is 10.1 Å². The number of benzene rings is 2. The van der Waals surface area contributed by atoms with Crippen LogP contribution in [0.1, 0.15) is 54.7 Å². The van der Waals surface area contributed by atoms with Crippen molar-refractivity contribution in [3.8, 4) is 5.75 Å². The Labute approximate surface area is 172 Å². The van der Waals surface area contributed by atoms with E-state index < -0.39 is 10.0 Å². The number of carbonyl (C=O) groups excluding carboxylic acids is 1. The summed E-state index contributed by atoms with van der Waals surface area (Å²) in [5.41, 5.74) is 2.72. The van der Waals surface area contributed by atoms with Crippen molar-refractivity contribution in [1.82, 2.24) is 5.32 Å². The number of anilines is 1. The van der Waals surface area contributed by atoms with Crippen LogP contribution < -0.4 is 14.4 Å². The van der Waals surface area contributed by atoms with Gasteiger partial charge in [0.25, 0.3) is 5.91 Å². The average molecular weight is 417 g/mol. The van der Waals surface area contributed by atoms with Crippen molar-refractivity contribution in [1.29, 1.82) is 0 Å². The number of amides is 1. The zero-order valence-corrected chi connectivity index (χ0v) is 18.3. The maximum atomic E-state index is 12.9. The second-order valence-corrected chi connectivity index (χ2v) is 10.0. The summed E-state index contributed by atoms with van der Waals surface area (Å²) in [4.78, 5) is 12.9. The van der Waals surface area contributed by atoms with E-state index in [-0.39, 0.29) is 17.6 Å². The number of sulfonamides is 1. The zero-order chi connectivity index (χ0) is 21.4. The summed E-state index contributed by atoms with van der Waals surface area (Å²) in [5, 5.41) is 3.12. The van der Waals surface area contributed by atoms with Gasteiger partial charge >= 0.3 is 0 Å². The van der Waals surface area contributed by atoms with Crippen LogP contribution in [0, 0.1) is 6.92 Å². The molecule has 0 fully saturated rings. The average Bonchev–Trinajstić information content (AvgIpc) is 2.61. The molecule has 2 aromatic carbocycles. The molecule has 1 heterocycles. The lowest BCUT2D eigenvalue weighted by atomic mass is 9.88. The quantitative estimate of drug-likeness (QED) is 0.804. The summed E-state index contributed by atoms with van der Waals surface area (Å²) in [6, 6.07) is 12.5. The molecule has 156 valence electrons. The first-order valence-electron chi connectivity index (χ1n) is 9.68. The standard InChI is InChI=1S/C22H28N2O4S/c1-6-24(29(5,26)27)17-10-8-16(9-11-17)21(25)23-19-14-22(3,4)28-20-12-7-15(2)13-18(19)20/h7-13,19H,6,14H2,1-5H3,(H,23,25)/t19-/m0/s1. The summed E-state index contributed by atoms with van der Waals surface area (Å²) in [5.74, 6) is 0.591. The molecule has 0 saturated heterocycles. The van der Waals surface area contributed by atoms with E-state index in [1.54, 1.807) is 31.2 Å². The Bertz CT molecular complexity index is 1010. The van der Waals surface area contributed by atoms with Crippen molar-refractivity contribution >= 4 is 21.6 Å². The highest BCUT2D eigenvalue weighted by Gasteiger charge is 2.34. The number of hydrogen-bond donors (Lipinski definition) is 1. The molecule has 1 aliphatic rings. The molecule has 0 aromatic heterocycles. The smallest absolute Gasteiger partial charge is 0.251 e. The van der Waals surface area contributed by atoms with Crippen LogP contribution in [-0.2, 0) is 10.0 Å². The second kappa shape index (κ2) is 7.71. The molecule has 29 heavy (non-hydrogen) atoms. The number of nitrogens with one attached hydrogen (secondary N) is 1. The Kier molecular flexibility index (Phi) is 5.63. The van der Waals surface area contributed by atoms with Crippen LogP contribution in [0.3, 0.4) is 0 Å². The molecule has 6 nitrogen and oxygen atoms in total. The Morgan fingerprint density at radius 1 is 1.21 bits per heavy atom. The molecule has 0 aliphatic carbocycles. The number of hydrogen-bond acceptors (Lipinski definition) is 4. The summed E-state index contributed by atoms with van der Waals surface area (Å²) in [7, 11) is -3.36. The van der Waals surface area contributed by atoms with Crippen molar-refractivity contribution in [3.63, 3.8) is 0 Å². The predicted octanol–water partition coefficient (Wildman–Crippen LogP) is 3.81. The van der Waals surface area contributed by atoms with Gasteiger partial charge in [-0.3, -0.25) is 9.10 Å². The first-order valence-corrected chi connectivity index (χ1v) is 11.5. The van der Waals surface area contributed by atoms with E-state index in [0.717, 1.165) is 16.9 Å². The summed E-state index contributed by atoms with van der Waals surface area (Å²) in [6.45, 7) is 8.13. The first kappa shape index (κ1) is 21.2. The van der Waals surface area contributed by atoms with Crippen molar-refractivity contribution in [2.75, 3.05) is 17.1 Å². The molecular weight excluding hydrogens is 388 g/mol. The van der Waals surface area contributed by atoms with E-state index in [1.165, 1.54) is 10.6 Å². The van der Waals surface area contributed by atoms with Crippen LogP contribution in [0.2, 0.25) is 0 Å². The zero-order valence-electron chi connectivity index (χ0n) is 17.5. The SMILES string of the molecule is CCN(c1ccc(C(=O)N[C@H]2CC(C)(C)Oc3ccc(C)cc32)cc1)S(C)(=O)=O. The first-order chi connectivity index (χ1) is 13.5. The molecule has 0 radical (unpaired) electrons. The minimum atomic E-state index is -3.36. The van der Waals surface area contributed by atoms with Crippen LogP contribution in [0.25, 0.3) is 0 Å². The molecule has 2 aromatic rings. The van der Waals surface area contributed by atoms with Gasteiger partial charge in [-0.1, -0.05) is 17.7 Å². The molecule has 1 N–H and O–H groups in total. The molecular formula is C22H28N2O4S. The molecule has 3 rings (SSSR count). The molecule has 1 atom stereocenters. The van der Waals surface area contributed by atoms with E-state index in [0.29, 0.717) is 24.2 Å². The number of rotatable bonds is 5. The topological polar surface area (TPSA) is 75.7 Å². The van der Waals surface area contributed by atoms with Gasteiger partial charge in [0.2, 0.25) is 10.0 Å². The van der Waals surface area contributed by atoms with Gasteiger partial charge in [-0.2, -0.15) is 0 Å². The number of ether oxygens (including phenoxy) is 1. The van der Waals surface area contributed by atoms with E-state index in [9.17, 15) is 13.2 Å². The normalized spacial score (nSPS) is 17.8. The summed E-state index contributed by atoms with van der Waals surface area (Å²) >= 11 is 0. The fourth-order valence-corrected chi connectivity index (χ4v) is 4.71. The third-order valence-electron chi connectivity index (χ3n) is 5.03. The lowest BCUT2D eigenvalue weighted by Gasteiger charge is -2.38. The molecule has 0 saturated carbocycles. The Hall–Kier alpha value is -2.54. The fourth-order valence-electron chi connectivity index (χ4n) is 3.73. The van der Waals surface area contributed by atoms with Crippen LogP contribution >= 0.6 is 0 Å². The second-order valence-electron chi connectivity index (χ2n) is 8.11. The highest BCUT2D eigenvalue weighted by atomic mass is 32.2. The monoisotopic (exact) mass is 416 g/mol. The lowest BCUT2D eigenvalue weighted by Crippen LogP contribution is -2.41. The van der Waals surface area contributed by atoms with E-state index >= 15 is 0 Å². The number of aryl methyl sites for hydroxylation is 1. The minimum absolute atomic E-state index is 0.163. The van der Waals surface area contributed by atoms with Gasteiger partial charge in [-0.15, -0.1) is 0 Å². The molecule has 1 amide bonds. The Balaban J connectivity index is 1.83. The third-order valence-corrected chi connectivity index (χ3v) is 6.30. The van der Waals surface area contributed by atoms with Gasteiger partial charge in [-0.05, 0) is 58.0 Å². The van der Waals surface area contributed by atoms with Crippen molar-refractivity contribution < 1.29 is 17.9 Å². The van der Waals surface area contributed by atoms with Crippen molar-refractivity contribution in [2.24, 2.45) is 0 Å². The van der Waals surface area contributed by atoms with Gasteiger partial charge in [0.05, 0.1) is 18.0 Å². The van der Waals surface area contributed by atoms with Gasteiger partial charge in [-0.25, -0.2) is 8.42 Å². The van der Waals surface area contributed by atoms with E-state index in [2.05, 4.69) is 5.32 Å². The fraction of sp³-hybridized carbons (Fsp3) is 0.409. The van der Waals surface area contributed by atoms with Crippen LogP contribution in [0.4, 0.5) is 5.69 Å². The van der Waals surface area contributed by atoms with Gasteiger partial charge in [0, 0.05) is 24.1 Å². The maximum Gasteiger partial charge on any atom is 0.251 e. The Morgan fingerprint density at radius 3 is 2.45 bits per heavy atom. The van der Waals surface area contributed by atoms with Crippen molar-refractivity contribution in [2.45, 2.75) is 45.8 Å². The van der Waals surface area contributed by atoms with E-state index in [1.807, 2.05) is 39.0 Å². The number of fused-ring (bicyclic) bond motifs is 1. The van der Waals surface area contributed by atoms with E-state index in [4.69, 9.17) is 4.74 Å². The van der Waals surface area contributed by atoms with Gasteiger partial charge in [0.1, 0.15) is 11.4 Å². The molecule has 0 unspecified atom stereocenters. The highest BCUT2D eigenvalue weighted by molar-refractivity contribution is 7.92. The maximum absolute atomic E-state index is 12.9. The van der Waals surface area contributed by atoms with Crippen LogP contribution in [-0.4, -0.2) is 32.7 Å². The minimum Gasteiger partial charge on any atom is -0.487 e. The summed E-state index contributed by atoms with van der Waals surface area (Å²) < 4.78 is 31.1. The van der Waals surface area contributed by atoms with Crippen LogP contribution in [0.15, 0.2) is 42.5 Å². The predicted molar refractivity (Wildman–Crippen MR) is 115 cm³/mol. The van der Waals surface area contributed by atoms with Crippen LogP contribution in [0.5, 0.6) is 5.75 Å². The Morgan fingerprint density at radius 2 is 1.86 bits per heavy atom. The van der Waals surface area contributed by atoms with Gasteiger partial charge in [0.15, 0.2) is 0 Å². The molecule has 7 heteroatoms. The third kappa shape index (κ3) is 4.72.